The Balaban J connectivity index is 1.57. The molecule has 0 radical (unpaired) electrons. The summed E-state index contributed by atoms with van der Waals surface area (Å²) in [7, 11) is 2.01. The van der Waals surface area contributed by atoms with Crippen molar-refractivity contribution in [2.75, 3.05) is 20.1 Å². The maximum absolute atomic E-state index is 12.4. The quantitative estimate of drug-likeness (QED) is 0.864. The molecule has 0 aliphatic heterocycles. The fourth-order valence-corrected chi connectivity index (χ4v) is 5.55. The highest BCUT2D eigenvalue weighted by molar-refractivity contribution is 5.78. The summed E-state index contributed by atoms with van der Waals surface area (Å²) in [5.41, 5.74) is 0.470. The van der Waals surface area contributed by atoms with E-state index in [1.807, 2.05) is 11.9 Å². The third-order valence-electron chi connectivity index (χ3n) is 5.93. The first-order valence-corrected chi connectivity index (χ1v) is 8.74. The fraction of sp³-hybridized carbons (Fsp3) is 0.944. The first-order valence-electron chi connectivity index (χ1n) is 8.74. The molecule has 0 aromatic carbocycles. The van der Waals surface area contributed by atoms with E-state index in [0.29, 0.717) is 12.0 Å². The zero-order valence-corrected chi connectivity index (χ0v) is 14.2. The summed E-state index contributed by atoms with van der Waals surface area (Å²) in [5, 5.41) is 3.32. The number of nitrogens with zero attached hydrogens (tertiary/aromatic N) is 1. The lowest BCUT2D eigenvalue weighted by Crippen LogP contribution is -2.52. The Labute approximate surface area is 129 Å². The van der Waals surface area contributed by atoms with Gasteiger partial charge in [-0.3, -0.25) is 4.79 Å². The third-order valence-corrected chi connectivity index (χ3v) is 5.93. The second-order valence-electron chi connectivity index (χ2n) is 9.27. The zero-order chi connectivity index (χ0) is 15.3. The lowest BCUT2D eigenvalue weighted by molar-refractivity contribution is -0.134. The van der Waals surface area contributed by atoms with Crippen molar-refractivity contribution in [1.82, 2.24) is 10.2 Å². The van der Waals surface area contributed by atoms with Crippen LogP contribution in [0.25, 0.3) is 0 Å². The molecule has 0 atom stereocenters. The fourth-order valence-electron chi connectivity index (χ4n) is 5.55. The van der Waals surface area contributed by atoms with Crippen molar-refractivity contribution in [2.45, 2.75) is 64.8 Å². The maximum Gasteiger partial charge on any atom is 0.236 e. The summed E-state index contributed by atoms with van der Waals surface area (Å²) < 4.78 is 0. The summed E-state index contributed by atoms with van der Waals surface area (Å²) in [6.45, 7) is 7.78. The minimum atomic E-state index is 0.0111. The SMILES string of the molecule is CN(CC12CC3CC(CC(C3)C1)C2)C(=O)CNC(C)(C)C. The summed E-state index contributed by atoms with van der Waals surface area (Å²) in [5.74, 6) is 3.15. The van der Waals surface area contributed by atoms with Crippen LogP contribution in [0.3, 0.4) is 0 Å². The predicted molar refractivity (Wildman–Crippen MR) is 86.0 cm³/mol. The van der Waals surface area contributed by atoms with E-state index < -0.39 is 0 Å². The maximum atomic E-state index is 12.4. The Morgan fingerprint density at radius 3 is 2.00 bits per heavy atom. The molecular formula is C18H32N2O. The highest BCUT2D eigenvalue weighted by atomic mass is 16.2. The van der Waals surface area contributed by atoms with Crippen molar-refractivity contribution >= 4 is 5.91 Å². The Bertz CT molecular complexity index is 375. The van der Waals surface area contributed by atoms with Crippen molar-refractivity contribution in [1.29, 1.82) is 0 Å². The Kier molecular flexibility index (Phi) is 3.84. The highest BCUT2D eigenvalue weighted by Gasteiger charge is 2.51. The number of carbonyl (C=O) groups is 1. The lowest BCUT2D eigenvalue weighted by Gasteiger charge is -2.57. The van der Waals surface area contributed by atoms with Gasteiger partial charge in [0.05, 0.1) is 6.54 Å². The number of rotatable bonds is 4. The van der Waals surface area contributed by atoms with E-state index in [-0.39, 0.29) is 11.4 Å². The van der Waals surface area contributed by atoms with Crippen LogP contribution >= 0.6 is 0 Å². The van der Waals surface area contributed by atoms with Gasteiger partial charge in [-0.2, -0.15) is 0 Å². The van der Waals surface area contributed by atoms with Gasteiger partial charge in [-0.25, -0.2) is 0 Å². The van der Waals surface area contributed by atoms with Crippen LogP contribution in [0.4, 0.5) is 0 Å². The molecule has 4 fully saturated rings. The zero-order valence-electron chi connectivity index (χ0n) is 14.2. The van der Waals surface area contributed by atoms with Crippen LogP contribution in [0.5, 0.6) is 0 Å². The molecule has 21 heavy (non-hydrogen) atoms. The first-order chi connectivity index (χ1) is 9.75. The van der Waals surface area contributed by atoms with Crippen molar-refractivity contribution in [3.63, 3.8) is 0 Å². The molecule has 4 bridgehead atoms. The van der Waals surface area contributed by atoms with Gasteiger partial charge in [-0.1, -0.05) is 0 Å². The third kappa shape index (κ3) is 3.44. The minimum absolute atomic E-state index is 0.0111. The van der Waals surface area contributed by atoms with Crippen molar-refractivity contribution in [3.8, 4) is 0 Å². The molecule has 4 aliphatic carbocycles. The van der Waals surface area contributed by atoms with Gasteiger partial charge in [0.1, 0.15) is 0 Å². The van der Waals surface area contributed by atoms with Gasteiger partial charge in [0, 0.05) is 19.1 Å². The molecule has 3 nitrogen and oxygen atoms in total. The van der Waals surface area contributed by atoms with E-state index in [4.69, 9.17) is 0 Å². The normalized spacial score (nSPS) is 37.8. The molecule has 0 unspecified atom stereocenters. The largest absolute Gasteiger partial charge is 0.344 e. The van der Waals surface area contributed by atoms with Gasteiger partial charge in [0.15, 0.2) is 0 Å². The number of nitrogens with one attached hydrogen (secondary N) is 1. The average Bonchev–Trinajstić information content (AvgIpc) is 2.32. The van der Waals surface area contributed by atoms with Crippen LogP contribution in [-0.2, 0) is 4.79 Å². The molecule has 0 aromatic rings. The number of hydrogen-bond donors (Lipinski definition) is 1. The monoisotopic (exact) mass is 292 g/mol. The Hall–Kier alpha value is -0.570. The minimum Gasteiger partial charge on any atom is -0.344 e. The molecular weight excluding hydrogens is 260 g/mol. The van der Waals surface area contributed by atoms with Crippen LogP contribution in [0.1, 0.15) is 59.3 Å². The van der Waals surface area contributed by atoms with E-state index in [0.717, 1.165) is 24.3 Å². The molecule has 0 saturated heterocycles. The van der Waals surface area contributed by atoms with E-state index in [2.05, 4.69) is 26.1 Å². The van der Waals surface area contributed by atoms with Crippen LogP contribution in [0, 0.1) is 23.2 Å². The summed E-state index contributed by atoms with van der Waals surface area (Å²) in [6, 6.07) is 0. The van der Waals surface area contributed by atoms with E-state index in [1.165, 1.54) is 38.5 Å². The van der Waals surface area contributed by atoms with Crippen LogP contribution in [0.15, 0.2) is 0 Å². The van der Waals surface area contributed by atoms with Crippen molar-refractivity contribution < 1.29 is 4.79 Å². The standard InChI is InChI=1S/C18H32N2O/c1-17(2,3)19-11-16(21)20(4)12-18-8-13-5-14(9-18)7-15(6-13)10-18/h13-15,19H,5-12H2,1-4H3. The molecule has 1 N–H and O–H groups in total. The molecule has 4 rings (SSSR count). The van der Waals surface area contributed by atoms with Crippen molar-refractivity contribution in [3.05, 3.63) is 0 Å². The van der Waals surface area contributed by atoms with Crippen LogP contribution in [0.2, 0.25) is 0 Å². The average molecular weight is 292 g/mol. The summed E-state index contributed by atoms with van der Waals surface area (Å²) >= 11 is 0. The molecule has 4 aliphatic rings. The summed E-state index contributed by atoms with van der Waals surface area (Å²) in [6.07, 6.45) is 8.56. The number of carbonyl (C=O) groups excluding carboxylic acids is 1. The Morgan fingerprint density at radius 1 is 1.10 bits per heavy atom. The van der Waals surface area contributed by atoms with Gasteiger partial charge < -0.3 is 10.2 Å². The second kappa shape index (κ2) is 5.26. The van der Waals surface area contributed by atoms with Gasteiger partial charge in [0.2, 0.25) is 5.91 Å². The van der Waals surface area contributed by atoms with Gasteiger partial charge >= 0.3 is 0 Å². The van der Waals surface area contributed by atoms with E-state index in [1.54, 1.807) is 0 Å². The molecule has 3 heteroatoms. The molecule has 0 aromatic heterocycles. The van der Waals surface area contributed by atoms with Gasteiger partial charge in [0.25, 0.3) is 0 Å². The van der Waals surface area contributed by atoms with Crippen LogP contribution < -0.4 is 5.32 Å². The molecule has 0 heterocycles. The van der Waals surface area contributed by atoms with E-state index >= 15 is 0 Å². The van der Waals surface area contributed by atoms with E-state index in [9.17, 15) is 4.79 Å². The molecule has 120 valence electrons. The number of amides is 1. The smallest absolute Gasteiger partial charge is 0.236 e. The van der Waals surface area contributed by atoms with Gasteiger partial charge in [-0.15, -0.1) is 0 Å². The first kappa shape index (κ1) is 15.3. The molecule has 1 amide bonds. The number of likely N-dealkylation sites (N-methyl/N-ethyl adjacent to an activating group) is 1. The second-order valence-corrected chi connectivity index (χ2v) is 9.27. The lowest BCUT2D eigenvalue weighted by atomic mass is 9.49. The Morgan fingerprint density at radius 2 is 1.57 bits per heavy atom. The highest BCUT2D eigenvalue weighted by Crippen LogP contribution is 2.60. The molecule has 4 saturated carbocycles. The predicted octanol–water partition coefficient (Wildman–Crippen LogP) is 3.05. The van der Waals surface area contributed by atoms with Crippen molar-refractivity contribution in [2.24, 2.45) is 23.2 Å². The van der Waals surface area contributed by atoms with Crippen LogP contribution in [-0.4, -0.2) is 36.5 Å². The summed E-state index contributed by atoms with van der Waals surface area (Å²) in [4.78, 5) is 14.4. The topological polar surface area (TPSA) is 32.3 Å². The molecule has 0 spiro atoms. The van der Waals surface area contributed by atoms with Gasteiger partial charge in [-0.05, 0) is 82.5 Å². The number of hydrogen-bond acceptors (Lipinski definition) is 2.